The lowest BCUT2D eigenvalue weighted by Crippen LogP contribution is -2.06. The number of nitrogens with one attached hydrogen (secondary N) is 1. The summed E-state index contributed by atoms with van der Waals surface area (Å²) in [5.41, 5.74) is 2.12. The largest absolute Gasteiger partial charge is 0.354 e. The highest BCUT2D eigenvalue weighted by molar-refractivity contribution is 5.46. The quantitative estimate of drug-likeness (QED) is 0.826. The van der Waals surface area contributed by atoms with Gasteiger partial charge in [0.1, 0.15) is 0 Å². The first kappa shape index (κ1) is 8.71. The smallest absolute Gasteiger partial charge is 0.229 e. The van der Waals surface area contributed by atoms with Gasteiger partial charge in [-0.3, -0.25) is 4.40 Å². The maximum absolute atomic E-state index is 4.14. The van der Waals surface area contributed by atoms with Crippen LogP contribution in [0.5, 0.6) is 0 Å². The summed E-state index contributed by atoms with van der Waals surface area (Å²) in [5, 5.41) is 11.6. The Morgan fingerprint density at radius 3 is 3.13 bits per heavy atom. The van der Waals surface area contributed by atoms with Gasteiger partial charge in [-0.05, 0) is 43.4 Å². The second-order valence-corrected chi connectivity index (χ2v) is 4.28. The molecule has 1 aliphatic carbocycles. The van der Waals surface area contributed by atoms with E-state index in [1.54, 1.807) is 0 Å². The molecule has 0 aromatic carbocycles. The Balaban J connectivity index is 1.89. The van der Waals surface area contributed by atoms with Crippen LogP contribution in [-0.4, -0.2) is 21.1 Å². The third kappa shape index (κ3) is 1.67. The second-order valence-electron chi connectivity index (χ2n) is 4.28. The van der Waals surface area contributed by atoms with E-state index in [-0.39, 0.29) is 0 Å². The molecule has 0 atom stereocenters. The fourth-order valence-corrected chi connectivity index (χ4v) is 1.67. The van der Waals surface area contributed by atoms with Crippen molar-refractivity contribution in [3.8, 4) is 0 Å². The van der Waals surface area contributed by atoms with Gasteiger partial charge in [0.15, 0.2) is 5.65 Å². The van der Waals surface area contributed by atoms with Crippen LogP contribution in [-0.2, 0) is 0 Å². The van der Waals surface area contributed by atoms with Crippen LogP contribution in [0, 0.1) is 12.8 Å². The van der Waals surface area contributed by atoms with Gasteiger partial charge in [-0.2, -0.15) is 0 Å². The maximum Gasteiger partial charge on any atom is 0.229 e. The molecular formula is C11H14N4. The number of aryl methyl sites for hydroxylation is 1. The highest BCUT2D eigenvalue weighted by atomic mass is 15.3. The number of rotatable bonds is 3. The molecule has 78 valence electrons. The van der Waals surface area contributed by atoms with E-state index in [0.29, 0.717) is 0 Å². The Labute approximate surface area is 88.3 Å². The van der Waals surface area contributed by atoms with Crippen molar-refractivity contribution >= 4 is 11.6 Å². The molecule has 0 amide bonds. The van der Waals surface area contributed by atoms with Gasteiger partial charge in [0.25, 0.3) is 0 Å². The Morgan fingerprint density at radius 2 is 2.33 bits per heavy atom. The molecule has 1 aliphatic rings. The van der Waals surface area contributed by atoms with Gasteiger partial charge < -0.3 is 5.32 Å². The first-order valence-electron chi connectivity index (χ1n) is 5.38. The number of aromatic nitrogens is 3. The lowest BCUT2D eigenvalue weighted by Gasteiger charge is -2.02. The van der Waals surface area contributed by atoms with E-state index in [2.05, 4.69) is 28.5 Å². The second kappa shape index (κ2) is 3.22. The molecule has 1 fully saturated rings. The molecule has 3 rings (SSSR count). The topological polar surface area (TPSA) is 42.2 Å². The van der Waals surface area contributed by atoms with E-state index < -0.39 is 0 Å². The Bertz CT molecular complexity index is 484. The summed E-state index contributed by atoms with van der Waals surface area (Å²) in [5.74, 6) is 1.71. The number of pyridine rings is 1. The SMILES string of the molecule is Cc1ccn2c(NCC3CC3)nnc2c1. The number of hydrogen-bond acceptors (Lipinski definition) is 3. The summed E-state index contributed by atoms with van der Waals surface area (Å²) in [4.78, 5) is 0. The molecular weight excluding hydrogens is 188 g/mol. The average molecular weight is 202 g/mol. The molecule has 0 aliphatic heterocycles. The molecule has 0 unspecified atom stereocenters. The summed E-state index contributed by atoms with van der Waals surface area (Å²) in [7, 11) is 0. The van der Waals surface area contributed by atoms with Crippen LogP contribution in [0.4, 0.5) is 5.95 Å². The van der Waals surface area contributed by atoms with Crippen molar-refractivity contribution in [3.05, 3.63) is 23.9 Å². The van der Waals surface area contributed by atoms with Gasteiger partial charge in [-0.25, -0.2) is 0 Å². The van der Waals surface area contributed by atoms with Gasteiger partial charge in [-0.15, -0.1) is 10.2 Å². The number of hydrogen-bond donors (Lipinski definition) is 1. The molecule has 2 aromatic rings. The molecule has 4 nitrogen and oxygen atoms in total. The minimum atomic E-state index is 0.850. The normalized spacial score (nSPS) is 15.8. The fraction of sp³-hybridized carbons (Fsp3) is 0.455. The zero-order valence-electron chi connectivity index (χ0n) is 8.77. The van der Waals surface area contributed by atoms with Crippen LogP contribution < -0.4 is 5.32 Å². The van der Waals surface area contributed by atoms with Gasteiger partial charge >= 0.3 is 0 Å². The van der Waals surface area contributed by atoms with Crippen molar-refractivity contribution in [2.24, 2.45) is 5.92 Å². The lowest BCUT2D eigenvalue weighted by atomic mass is 10.3. The van der Waals surface area contributed by atoms with E-state index in [1.165, 1.54) is 18.4 Å². The van der Waals surface area contributed by atoms with Crippen LogP contribution in [0.15, 0.2) is 18.3 Å². The first-order valence-corrected chi connectivity index (χ1v) is 5.38. The predicted octanol–water partition coefficient (Wildman–Crippen LogP) is 1.86. The molecule has 2 heterocycles. The Hall–Kier alpha value is -1.58. The van der Waals surface area contributed by atoms with Gasteiger partial charge in [0.2, 0.25) is 5.95 Å². The fourth-order valence-electron chi connectivity index (χ4n) is 1.67. The van der Waals surface area contributed by atoms with Crippen LogP contribution in [0.25, 0.3) is 5.65 Å². The van der Waals surface area contributed by atoms with Crippen molar-refractivity contribution in [2.75, 3.05) is 11.9 Å². The van der Waals surface area contributed by atoms with Crippen LogP contribution in [0.3, 0.4) is 0 Å². The Morgan fingerprint density at radius 1 is 1.47 bits per heavy atom. The standard InChI is InChI=1S/C11H14N4/c1-8-4-5-15-10(6-8)13-14-11(15)12-7-9-2-3-9/h4-6,9H,2-3,7H2,1H3,(H,12,14). The molecule has 0 saturated heterocycles. The summed E-state index contributed by atoms with van der Waals surface area (Å²) in [6, 6.07) is 4.11. The number of fused-ring (bicyclic) bond motifs is 1. The van der Waals surface area contributed by atoms with E-state index in [0.717, 1.165) is 24.1 Å². The third-order valence-corrected chi connectivity index (χ3v) is 2.81. The van der Waals surface area contributed by atoms with E-state index >= 15 is 0 Å². The van der Waals surface area contributed by atoms with Crippen molar-refractivity contribution in [3.63, 3.8) is 0 Å². The molecule has 0 radical (unpaired) electrons. The lowest BCUT2D eigenvalue weighted by molar-refractivity contribution is 0.869. The van der Waals surface area contributed by atoms with Gasteiger partial charge in [-0.1, -0.05) is 0 Å². The van der Waals surface area contributed by atoms with E-state index in [1.807, 2.05) is 16.7 Å². The predicted molar refractivity (Wildman–Crippen MR) is 58.9 cm³/mol. The molecule has 0 spiro atoms. The van der Waals surface area contributed by atoms with E-state index in [9.17, 15) is 0 Å². The molecule has 1 N–H and O–H groups in total. The minimum Gasteiger partial charge on any atom is -0.354 e. The molecule has 4 heteroatoms. The molecule has 2 aromatic heterocycles. The molecule has 1 saturated carbocycles. The maximum atomic E-state index is 4.14. The number of anilines is 1. The van der Waals surface area contributed by atoms with Crippen LogP contribution in [0.1, 0.15) is 18.4 Å². The first-order chi connectivity index (χ1) is 7.33. The highest BCUT2D eigenvalue weighted by Crippen LogP contribution is 2.28. The van der Waals surface area contributed by atoms with Gasteiger partial charge in [0, 0.05) is 12.7 Å². The minimum absolute atomic E-state index is 0.850. The molecule has 0 bridgehead atoms. The van der Waals surface area contributed by atoms with Crippen LogP contribution >= 0.6 is 0 Å². The van der Waals surface area contributed by atoms with E-state index in [4.69, 9.17) is 0 Å². The summed E-state index contributed by atoms with van der Waals surface area (Å²) in [6.45, 7) is 3.08. The van der Waals surface area contributed by atoms with Gasteiger partial charge in [0.05, 0.1) is 0 Å². The van der Waals surface area contributed by atoms with Crippen molar-refractivity contribution in [1.82, 2.24) is 14.6 Å². The zero-order chi connectivity index (χ0) is 10.3. The monoisotopic (exact) mass is 202 g/mol. The highest BCUT2D eigenvalue weighted by Gasteiger charge is 2.21. The summed E-state index contributed by atoms with van der Waals surface area (Å²) < 4.78 is 2.00. The summed E-state index contributed by atoms with van der Waals surface area (Å²) >= 11 is 0. The Kier molecular flexibility index (Phi) is 1.87. The third-order valence-electron chi connectivity index (χ3n) is 2.81. The number of nitrogens with zero attached hydrogens (tertiary/aromatic N) is 3. The van der Waals surface area contributed by atoms with Crippen molar-refractivity contribution < 1.29 is 0 Å². The van der Waals surface area contributed by atoms with Crippen molar-refractivity contribution in [1.29, 1.82) is 0 Å². The average Bonchev–Trinajstić information content (AvgIpc) is 2.97. The zero-order valence-corrected chi connectivity index (χ0v) is 8.77. The molecule has 15 heavy (non-hydrogen) atoms. The summed E-state index contributed by atoms with van der Waals surface area (Å²) in [6.07, 6.45) is 4.71. The van der Waals surface area contributed by atoms with Crippen LogP contribution in [0.2, 0.25) is 0 Å². The van der Waals surface area contributed by atoms with Crippen molar-refractivity contribution in [2.45, 2.75) is 19.8 Å².